The maximum atomic E-state index is 14.0. The number of amides is 1. The van der Waals surface area contributed by atoms with Crippen molar-refractivity contribution in [3.63, 3.8) is 0 Å². The molecule has 0 aliphatic heterocycles. The summed E-state index contributed by atoms with van der Waals surface area (Å²) in [5.74, 6) is -0.311. The van der Waals surface area contributed by atoms with Crippen molar-refractivity contribution in [3.8, 4) is 5.75 Å². The van der Waals surface area contributed by atoms with Crippen LogP contribution in [0.25, 0.3) is 10.1 Å². The summed E-state index contributed by atoms with van der Waals surface area (Å²) in [6, 6.07) is 11.5. The van der Waals surface area contributed by atoms with E-state index in [1.165, 1.54) is 17.4 Å². The highest BCUT2D eigenvalue weighted by atomic mass is 32.2. The third-order valence-electron chi connectivity index (χ3n) is 3.92. The van der Waals surface area contributed by atoms with Gasteiger partial charge in [0.1, 0.15) is 18.2 Å². The molecule has 1 amide bonds. The zero-order chi connectivity index (χ0) is 19.6. The van der Waals surface area contributed by atoms with E-state index in [0.717, 1.165) is 11.0 Å². The van der Waals surface area contributed by atoms with Crippen LogP contribution in [-0.2, 0) is 9.84 Å². The van der Waals surface area contributed by atoms with Crippen LogP contribution in [0.15, 0.2) is 42.5 Å². The average molecular weight is 407 g/mol. The van der Waals surface area contributed by atoms with Crippen molar-refractivity contribution in [3.05, 3.63) is 58.7 Å². The molecule has 142 valence electrons. The zero-order valence-electron chi connectivity index (χ0n) is 14.8. The Labute approximate surface area is 160 Å². The summed E-state index contributed by atoms with van der Waals surface area (Å²) in [5, 5.41) is 3.24. The number of halogens is 1. The van der Waals surface area contributed by atoms with Crippen LogP contribution in [0.5, 0.6) is 5.75 Å². The van der Waals surface area contributed by atoms with Gasteiger partial charge in [0.05, 0.1) is 10.6 Å². The van der Waals surface area contributed by atoms with Gasteiger partial charge in [0.25, 0.3) is 5.91 Å². The lowest BCUT2D eigenvalue weighted by Crippen LogP contribution is -2.13. The summed E-state index contributed by atoms with van der Waals surface area (Å²) in [6.45, 7) is 1.76. The van der Waals surface area contributed by atoms with E-state index < -0.39 is 9.84 Å². The summed E-state index contributed by atoms with van der Waals surface area (Å²) in [6.07, 6.45) is 1.14. The number of carbonyl (C=O) groups excluding carboxylic acids is 1. The molecule has 1 N–H and O–H groups in total. The van der Waals surface area contributed by atoms with E-state index in [1.807, 2.05) is 0 Å². The molecule has 0 aliphatic carbocycles. The fourth-order valence-electron chi connectivity index (χ4n) is 2.63. The maximum absolute atomic E-state index is 14.0. The Morgan fingerprint density at radius 3 is 2.67 bits per heavy atom. The van der Waals surface area contributed by atoms with E-state index in [-0.39, 0.29) is 24.1 Å². The Bertz CT molecular complexity index is 1110. The Kier molecular flexibility index (Phi) is 5.48. The van der Waals surface area contributed by atoms with Gasteiger partial charge in [-0.25, -0.2) is 12.8 Å². The molecule has 1 heterocycles. The van der Waals surface area contributed by atoms with E-state index in [2.05, 4.69) is 5.32 Å². The first-order chi connectivity index (χ1) is 12.7. The van der Waals surface area contributed by atoms with E-state index in [0.29, 0.717) is 27.3 Å². The number of hydrogen-bond donors (Lipinski definition) is 1. The van der Waals surface area contributed by atoms with Gasteiger partial charge in [-0.2, -0.15) is 0 Å². The molecule has 0 fully saturated rings. The Morgan fingerprint density at radius 1 is 1.22 bits per heavy atom. The molecule has 3 aromatic rings. The maximum Gasteiger partial charge on any atom is 0.266 e. The van der Waals surface area contributed by atoms with Crippen molar-refractivity contribution in [2.75, 3.05) is 23.9 Å². The van der Waals surface area contributed by atoms with Gasteiger partial charge in [-0.1, -0.05) is 12.1 Å². The molecular formula is C19H18FNO4S2. The van der Waals surface area contributed by atoms with Gasteiger partial charge in [0.2, 0.25) is 0 Å². The Morgan fingerprint density at radius 2 is 1.96 bits per heavy atom. The molecule has 0 saturated carbocycles. The number of ether oxygens (including phenoxy) is 1. The van der Waals surface area contributed by atoms with Crippen molar-refractivity contribution in [1.82, 2.24) is 0 Å². The van der Waals surface area contributed by atoms with Crippen LogP contribution < -0.4 is 10.1 Å². The molecule has 0 atom stereocenters. The molecule has 0 aliphatic rings. The number of carbonyl (C=O) groups is 1. The summed E-state index contributed by atoms with van der Waals surface area (Å²) >= 11 is 1.24. The third kappa shape index (κ3) is 4.64. The van der Waals surface area contributed by atoms with Gasteiger partial charge in [0, 0.05) is 28.1 Å². The van der Waals surface area contributed by atoms with Gasteiger partial charge < -0.3 is 10.1 Å². The summed E-state index contributed by atoms with van der Waals surface area (Å²) < 4.78 is 42.5. The second-order valence-corrected chi connectivity index (χ2v) is 9.44. The highest BCUT2D eigenvalue weighted by Gasteiger charge is 2.18. The fraction of sp³-hybridized carbons (Fsp3) is 0.211. The number of anilines is 1. The lowest BCUT2D eigenvalue weighted by Gasteiger charge is -2.09. The first kappa shape index (κ1) is 19.3. The van der Waals surface area contributed by atoms with Crippen LogP contribution in [0.3, 0.4) is 0 Å². The molecule has 3 rings (SSSR count). The first-order valence-corrected chi connectivity index (χ1v) is 11.0. The molecule has 0 radical (unpaired) electrons. The summed E-state index contributed by atoms with van der Waals surface area (Å²) in [4.78, 5) is 13.1. The predicted molar refractivity (Wildman–Crippen MR) is 106 cm³/mol. The lowest BCUT2D eigenvalue weighted by molar-refractivity contribution is 0.103. The van der Waals surface area contributed by atoms with Crippen LogP contribution in [0.1, 0.15) is 15.2 Å². The van der Waals surface area contributed by atoms with Gasteiger partial charge in [-0.05, 0) is 36.8 Å². The normalized spacial score (nSPS) is 11.5. The number of fused-ring (bicyclic) bond motifs is 1. The minimum absolute atomic E-state index is 0.0327. The molecular weight excluding hydrogens is 389 g/mol. The minimum atomic E-state index is -3.10. The molecule has 27 heavy (non-hydrogen) atoms. The van der Waals surface area contributed by atoms with Crippen molar-refractivity contribution in [2.24, 2.45) is 0 Å². The standard InChI is InChI=1S/C19H18FNO4S2/c1-12-17-15(20)7-4-8-16(17)26-18(12)19(22)21-13-5-3-6-14(11-13)25-9-10-27(2,23)24/h3-8,11H,9-10H2,1-2H3,(H,21,22). The number of sulfone groups is 1. The third-order valence-corrected chi connectivity index (χ3v) is 6.09. The first-order valence-electron chi connectivity index (χ1n) is 8.14. The van der Waals surface area contributed by atoms with E-state index in [9.17, 15) is 17.6 Å². The molecule has 0 bridgehead atoms. The Balaban J connectivity index is 1.76. The predicted octanol–water partition coefficient (Wildman–Crippen LogP) is 4.02. The summed E-state index contributed by atoms with van der Waals surface area (Å²) in [5.41, 5.74) is 1.11. The highest BCUT2D eigenvalue weighted by Crippen LogP contribution is 2.33. The van der Waals surface area contributed by atoms with Crippen molar-refractivity contribution < 1.29 is 22.3 Å². The molecule has 5 nitrogen and oxygen atoms in total. The van der Waals surface area contributed by atoms with E-state index in [1.54, 1.807) is 43.3 Å². The highest BCUT2D eigenvalue weighted by molar-refractivity contribution is 7.90. The van der Waals surface area contributed by atoms with Gasteiger partial charge in [0.15, 0.2) is 9.84 Å². The SMILES string of the molecule is Cc1c(C(=O)Nc2cccc(OCCS(C)(=O)=O)c2)sc2cccc(F)c12. The van der Waals surface area contributed by atoms with Gasteiger partial charge >= 0.3 is 0 Å². The van der Waals surface area contributed by atoms with Crippen molar-refractivity contribution in [1.29, 1.82) is 0 Å². The monoisotopic (exact) mass is 407 g/mol. The zero-order valence-corrected chi connectivity index (χ0v) is 16.4. The largest absolute Gasteiger partial charge is 0.492 e. The van der Waals surface area contributed by atoms with Crippen molar-refractivity contribution in [2.45, 2.75) is 6.92 Å². The number of aryl methyl sites for hydroxylation is 1. The topological polar surface area (TPSA) is 72.5 Å². The molecule has 1 aromatic heterocycles. The Hall–Kier alpha value is -2.45. The minimum Gasteiger partial charge on any atom is -0.492 e. The average Bonchev–Trinajstić information content (AvgIpc) is 2.92. The molecule has 0 unspecified atom stereocenters. The molecule has 0 saturated heterocycles. The van der Waals surface area contributed by atoms with Crippen LogP contribution in [-0.4, -0.2) is 32.9 Å². The number of benzene rings is 2. The van der Waals surface area contributed by atoms with Crippen molar-refractivity contribution >= 4 is 42.9 Å². The van der Waals surface area contributed by atoms with Crippen LogP contribution in [0.2, 0.25) is 0 Å². The number of rotatable bonds is 6. The van der Waals surface area contributed by atoms with Gasteiger partial charge in [-0.15, -0.1) is 11.3 Å². The summed E-state index contributed by atoms with van der Waals surface area (Å²) in [7, 11) is -3.10. The fourth-order valence-corrected chi connectivity index (χ4v) is 4.14. The number of nitrogens with one attached hydrogen (secondary N) is 1. The van der Waals surface area contributed by atoms with Crippen LogP contribution in [0, 0.1) is 12.7 Å². The van der Waals surface area contributed by atoms with Crippen LogP contribution >= 0.6 is 11.3 Å². The second kappa shape index (κ2) is 7.66. The smallest absolute Gasteiger partial charge is 0.266 e. The van der Waals surface area contributed by atoms with Crippen LogP contribution in [0.4, 0.5) is 10.1 Å². The number of hydrogen-bond acceptors (Lipinski definition) is 5. The lowest BCUT2D eigenvalue weighted by atomic mass is 10.1. The quantitative estimate of drug-likeness (QED) is 0.670. The molecule has 8 heteroatoms. The van der Waals surface area contributed by atoms with Gasteiger partial charge in [-0.3, -0.25) is 4.79 Å². The molecule has 0 spiro atoms. The molecule has 2 aromatic carbocycles. The van der Waals surface area contributed by atoms with E-state index >= 15 is 0 Å². The second-order valence-electron chi connectivity index (χ2n) is 6.13. The number of thiophene rings is 1. The van der Waals surface area contributed by atoms with E-state index in [4.69, 9.17) is 4.74 Å².